The smallest absolute Gasteiger partial charge is 0.249 e. The Kier molecular flexibility index (Phi) is 3.35. The van der Waals surface area contributed by atoms with Gasteiger partial charge in [0.2, 0.25) is 5.70 Å². The first kappa shape index (κ1) is 13.6. The monoisotopic (exact) mass is 261 g/mol. The molecule has 1 aromatic rings. The van der Waals surface area contributed by atoms with Crippen molar-refractivity contribution in [2.24, 2.45) is 5.92 Å². The Morgan fingerprint density at radius 1 is 1.47 bits per heavy atom. The van der Waals surface area contributed by atoms with E-state index in [-0.39, 0.29) is 22.1 Å². The Labute approximate surface area is 113 Å². The number of allylic oxidation sites excluding steroid dienone is 1. The van der Waals surface area contributed by atoms with Gasteiger partial charge in [-0.05, 0) is 19.4 Å². The number of rotatable bonds is 3. The molecule has 0 saturated heterocycles. The molecule has 0 aliphatic carbocycles. The summed E-state index contributed by atoms with van der Waals surface area (Å²) in [5, 5.41) is 11.1. The Morgan fingerprint density at radius 3 is 2.74 bits per heavy atom. The average molecular weight is 261 g/mol. The summed E-state index contributed by atoms with van der Waals surface area (Å²) in [6, 6.07) is 5.81. The van der Waals surface area contributed by atoms with Crippen LogP contribution in [0.4, 0.5) is 0 Å². The molecule has 0 spiro atoms. The molecule has 0 fully saturated rings. The van der Waals surface area contributed by atoms with Gasteiger partial charge in [0.25, 0.3) is 0 Å². The Hall–Kier alpha value is -1.84. The zero-order valence-corrected chi connectivity index (χ0v) is 11.8. The number of nitro groups is 1. The lowest BCUT2D eigenvalue weighted by molar-refractivity contribution is -0.431. The van der Waals surface area contributed by atoms with Gasteiger partial charge in [-0.3, -0.25) is 10.1 Å². The lowest BCUT2D eigenvalue weighted by Gasteiger charge is -2.17. The second-order valence-corrected chi connectivity index (χ2v) is 5.86. The largest absolute Gasteiger partial charge is 0.487 e. The van der Waals surface area contributed by atoms with Crippen molar-refractivity contribution in [3.05, 3.63) is 45.1 Å². The molecule has 0 saturated carbocycles. The highest BCUT2D eigenvalue weighted by molar-refractivity contribution is 5.62. The lowest BCUT2D eigenvalue weighted by Crippen LogP contribution is -2.24. The van der Waals surface area contributed by atoms with Crippen LogP contribution in [-0.4, -0.2) is 10.5 Å². The van der Waals surface area contributed by atoms with Crippen molar-refractivity contribution in [2.75, 3.05) is 0 Å². The fourth-order valence-electron chi connectivity index (χ4n) is 2.34. The van der Waals surface area contributed by atoms with E-state index in [1.807, 2.05) is 45.9 Å². The van der Waals surface area contributed by atoms with E-state index in [0.29, 0.717) is 0 Å². The molecule has 0 N–H and O–H groups in total. The van der Waals surface area contributed by atoms with E-state index in [1.54, 1.807) is 6.08 Å². The quantitative estimate of drug-likeness (QED) is 0.616. The van der Waals surface area contributed by atoms with E-state index in [4.69, 9.17) is 4.74 Å². The molecule has 0 atom stereocenters. The number of hydrogen-bond acceptors (Lipinski definition) is 3. The van der Waals surface area contributed by atoms with Gasteiger partial charge >= 0.3 is 0 Å². The van der Waals surface area contributed by atoms with Crippen LogP contribution in [-0.2, 0) is 6.42 Å². The average Bonchev–Trinajstić information content (AvgIpc) is 2.59. The number of para-hydroxylation sites is 1. The second-order valence-electron chi connectivity index (χ2n) is 5.86. The minimum absolute atomic E-state index is 0.125. The molecule has 0 amide bonds. The highest BCUT2D eigenvalue weighted by atomic mass is 16.6. The maximum atomic E-state index is 11.1. The van der Waals surface area contributed by atoms with Gasteiger partial charge in [0, 0.05) is 24.0 Å². The number of ether oxygens (including phenoxy) is 1. The van der Waals surface area contributed by atoms with Gasteiger partial charge in [-0.2, -0.15) is 0 Å². The molecule has 2 rings (SSSR count). The molecule has 1 aliphatic rings. The summed E-state index contributed by atoms with van der Waals surface area (Å²) < 4.78 is 5.92. The molecule has 1 aliphatic heterocycles. The van der Waals surface area contributed by atoms with Crippen LogP contribution in [0.2, 0.25) is 0 Å². The van der Waals surface area contributed by atoms with Crippen molar-refractivity contribution in [3.63, 3.8) is 0 Å². The molecule has 1 aromatic carbocycles. The third kappa shape index (κ3) is 2.78. The van der Waals surface area contributed by atoms with Crippen LogP contribution in [0.25, 0.3) is 6.08 Å². The Morgan fingerprint density at radius 2 is 2.16 bits per heavy atom. The van der Waals surface area contributed by atoms with Crippen molar-refractivity contribution in [1.82, 2.24) is 0 Å². The predicted molar refractivity (Wildman–Crippen MR) is 74.7 cm³/mol. The first-order valence-corrected chi connectivity index (χ1v) is 6.47. The number of hydrogen-bond donors (Lipinski definition) is 0. The third-order valence-electron chi connectivity index (χ3n) is 3.23. The van der Waals surface area contributed by atoms with E-state index in [0.717, 1.165) is 23.3 Å². The molecule has 4 heteroatoms. The molecule has 0 aromatic heterocycles. The van der Waals surface area contributed by atoms with Crippen LogP contribution in [0.5, 0.6) is 5.75 Å². The first-order valence-electron chi connectivity index (χ1n) is 6.47. The van der Waals surface area contributed by atoms with E-state index >= 15 is 0 Å². The van der Waals surface area contributed by atoms with Crippen LogP contribution in [0.15, 0.2) is 23.9 Å². The summed E-state index contributed by atoms with van der Waals surface area (Å²) >= 11 is 0. The summed E-state index contributed by atoms with van der Waals surface area (Å²) in [6.07, 6.45) is 2.46. The Bertz CT molecular complexity index is 544. The lowest BCUT2D eigenvalue weighted by atomic mass is 9.99. The molecular weight excluding hydrogens is 242 g/mol. The number of fused-ring (bicyclic) bond motifs is 1. The van der Waals surface area contributed by atoms with Crippen LogP contribution in [0, 0.1) is 16.0 Å². The summed E-state index contributed by atoms with van der Waals surface area (Å²) in [4.78, 5) is 10.8. The normalized spacial score (nSPS) is 17.2. The molecule has 0 bridgehead atoms. The van der Waals surface area contributed by atoms with Gasteiger partial charge in [-0.25, -0.2) is 0 Å². The van der Waals surface area contributed by atoms with Crippen molar-refractivity contribution in [3.8, 4) is 5.75 Å². The van der Waals surface area contributed by atoms with E-state index < -0.39 is 0 Å². The second kappa shape index (κ2) is 4.68. The van der Waals surface area contributed by atoms with Crippen LogP contribution >= 0.6 is 0 Å². The van der Waals surface area contributed by atoms with Gasteiger partial charge in [-0.1, -0.05) is 32.0 Å². The molecular formula is C15H19NO3. The van der Waals surface area contributed by atoms with E-state index in [1.165, 1.54) is 0 Å². The van der Waals surface area contributed by atoms with Crippen molar-refractivity contribution < 1.29 is 9.66 Å². The predicted octanol–water partition coefficient (Wildman–Crippen LogP) is 3.67. The molecule has 4 nitrogen and oxygen atoms in total. The fourth-order valence-corrected chi connectivity index (χ4v) is 2.34. The first-order chi connectivity index (χ1) is 8.80. The van der Waals surface area contributed by atoms with Crippen molar-refractivity contribution in [1.29, 1.82) is 0 Å². The highest BCUT2D eigenvalue weighted by Gasteiger charge is 2.31. The summed E-state index contributed by atoms with van der Waals surface area (Å²) in [7, 11) is 0. The summed E-state index contributed by atoms with van der Waals surface area (Å²) in [5.74, 6) is 0.660. The van der Waals surface area contributed by atoms with E-state index in [2.05, 4.69) is 0 Å². The van der Waals surface area contributed by atoms with Crippen molar-refractivity contribution >= 4 is 6.08 Å². The van der Waals surface area contributed by atoms with Crippen molar-refractivity contribution in [2.45, 2.75) is 39.7 Å². The zero-order chi connectivity index (χ0) is 14.2. The summed E-state index contributed by atoms with van der Waals surface area (Å²) in [5.41, 5.74) is 1.88. The Balaban J connectivity index is 2.47. The van der Waals surface area contributed by atoms with E-state index in [9.17, 15) is 10.1 Å². The number of nitrogens with zero attached hydrogens (tertiary/aromatic N) is 1. The fraction of sp³-hybridized carbons (Fsp3) is 0.467. The third-order valence-corrected chi connectivity index (χ3v) is 3.23. The molecule has 1 heterocycles. The molecule has 0 unspecified atom stereocenters. The van der Waals surface area contributed by atoms with Crippen LogP contribution < -0.4 is 4.74 Å². The topological polar surface area (TPSA) is 52.4 Å². The van der Waals surface area contributed by atoms with Gasteiger partial charge in [0.05, 0.1) is 4.92 Å². The SMILES string of the molecule is CC(C)/C(=C/c1cccc2c1OC(C)(C)C2)[N+](=O)[O-]. The zero-order valence-electron chi connectivity index (χ0n) is 11.8. The maximum absolute atomic E-state index is 11.1. The molecule has 102 valence electrons. The van der Waals surface area contributed by atoms with Crippen LogP contribution in [0.1, 0.15) is 38.8 Å². The minimum Gasteiger partial charge on any atom is -0.487 e. The highest BCUT2D eigenvalue weighted by Crippen LogP contribution is 2.38. The van der Waals surface area contributed by atoms with Gasteiger partial charge in [0.15, 0.2) is 0 Å². The molecule has 0 radical (unpaired) electrons. The van der Waals surface area contributed by atoms with Gasteiger partial charge in [0.1, 0.15) is 11.4 Å². The summed E-state index contributed by atoms with van der Waals surface area (Å²) in [6.45, 7) is 7.69. The van der Waals surface area contributed by atoms with Gasteiger partial charge in [-0.15, -0.1) is 0 Å². The standard InChI is InChI=1S/C15H19NO3/c1-10(2)13(16(17)18)8-11-6-5-7-12-9-15(3,4)19-14(11)12/h5-8,10H,9H2,1-4H3/b13-8-. The molecule has 19 heavy (non-hydrogen) atoms. The number of benzene rings is 1. The minimum atomic E-state index is -0.315. The van der Waals surface area contributed by atoms with Crippen LogP contribution in [0.3, 0.4) is 0 Å². The maximum Gasteiger partial charge on any atom is 0.249 e. The van der Waals surface area contributed by atoms with Gasteiger partial charge < -0.3 is 4.74 Å².